The first-order chi connectivity index (χ1) is 11.0. The third-order valence-electron chi connectivity index (χ3n) is 3.81. The van der Waals surface area contributed by atoms with Crippen molar-refractivity contribution in [1.82, 2.24) is 4.31 Å². The molecule has 1 atom stereocenters. The molecular formula is C17H19NO4S. The Bertz CT molecular complexity index is 786. The molecule has 0 radical (unpaired) electrons. The number of para-hydroxylation sites is 1. The zero-order valence-electron chi connectivity index (χ0n) is 13.1. The maximum absolute atomic E-state index is 12.9. The molecule has 0 aromatic heterocycles. The molecule has 0 saturated heterocycles. The normalized spacial score (nSPS) is 18.6. The van der Waals surface area contributed by atoms with Crippen LogP contribution in [0.15, 0.2) is 53.4 Å². The minimum atomic E-state index is -3.59. The molecule has 6 heteroatoms. The monoisotopic (exact) mass is 333 g/mol. The maximum Gasteiger partial charge on any atom is 0.243 e. The summed E-state index contributed by atoms with van der Waals surface area (Å²) in [6.45, 7) is 2.48. The fraction of sp³-hybridized carbons (Fsp3) is 0.294. The van der Waals surface area contributed by atoms with E-state index < -0.39 is 10.0 Å². The van der Waals surface area contributed by atoms with E-state index in [1.807, 2.05) is 31.2 Å². The van der Waals surface area contributed by atoms with Crippen LogP contribution in [0, 0.1) is 0 Å². The SMILES string of the molecule is COc1ccc(S(=O)(=O)N2Cc3ccccc3OC(C)C2)cc1. The molecule has 3 rings (SSSR count). The molecule has 0 saturated carbocycles. The maximum atomic E-state index is 12.9. The van der Waals surface area contributed by atoms with Crippen molar-refractivity contribution in [1.29, 1.82) is 0 Å². The smallest absolute Gasteiger partial charge is 0.243 e. The van der Waals surface area contributed by atoms with Gasteiger partial charge in [0.25, 0.3) is 0 Å². The van der Waals surface area contributed by atoms with Crippen molar-refractivity contribution in [3.8, 4) is 11.5 Å². The summed E-state index contributed by atoms with van der Waals surface area (Å²) in [5.74, 6) is 1.37. The van der Waals surface area contributed by atoms with Crippen LogP contribution >= 0.6 is 0 Å². The van der Waals surface area contributed by atoms with Gasteiger partial charge in [-0.3, -0.25) is 0 Å². The highest BCUT2D eigenvalue weighted by Gasteiger charge is 2.30. The highest BCUT2D eigenvalue weighted by Crippen LogP contribution is 2.28. The molecule has 0 bridgehead atoms. The Kier molecular flexibility index (Phi) is 4.28. The molecule has 0 aliphatic carbocycles. The summed E-state index contributed by atoms with van der Waals surface area (Å²) in [4.78, 5) is 0.255. The highest BCUT2D eigenvalue weighted by molar-refractivity contribution is 7.89. The van der Waals surface area contributed by atoms with Gasteiger partial charge in [0, 0.05) is 12.1 Å². The van der Waals surface area contributed by atoms with Gasteiger partial charge in [-0.15, -0.1) is 0 Å². The second kappa shape index (κ2) is 6.22. The predicted molar refractivity (Wildman–Crippen MR) is 87.1 cm³/mol. The van der Waals surface area contributed by atoms with Crippen molar-refractivity contribution in [2.24, 2.45) is 0 Å². The van der Waals surface area contributed by atoms with Crippen LogP contribution in [0.5, 0.6) is 11.5 Å². The summed E-state index contributed by atoms with van der Waals surface area (Å²) in [7, 11) is -2.04. The summed E-state index contributed by atoms with van der Waals surface area (Å²) in [6.07, 6.45) is -0.216. The minimum absolute atomic E-state index is 0.216. The molecule has 5 nitrogen and oxygen atoms in total. The van der Waals surface area contributed by atoms with Crippen molar-refractivity contribution >= 4 is 10.0 Å². The lowest BCUT2D eigenvalue weighted by atomic mass is 10.2. The summed E-state index contributed by atoms with van der Waals surface area (Å²) in [5, 5.41) is 0. The molecule has 0 spiro atoms. The van der Waals surface area contributed by atoms with E-state index in [1.165, 1.54) is 4.31 Å². The summed E-state index contributed by atoms with van der Waals surface area (Å²) >= 11 is 0. The summed E-state index contributed by atoms with van der Waals surface area (Å²) in [5.41, 5.74) is 0.869. The number of benzene rings is 2. The van der Waals surface area contributed by atoms with Crippen LogP contribution in [0.3, 0.4) is 0 Å². The molecule has 122 valence electrons. The zero-order valence-corrected chi connectivity index (χ0v) is 13.9. The van der Waals surface area contributed by atoms with Crippen LogP contribution < -0.4 is 9.47 Å². The molecule has 0 fully saturated rings. The van der Waals surface area contributed by atoms with Gasteiger partial charge < -0.3 is 9.47 Å². The molecule has 2 aromatic rings. The van der Waals surface area contributed by atoms with Gasteiger partial charge in [0.05, 0.1) is 18.6 Å². The van der Waals surface area contributed by atoms with Crippen molar-refractivity contribution < 1.29 is 17.9 Å². The van der Waals surface area contributed by atoms with E-state index >= 15 is 0 Å². The second-order valence-electron chi connectivity index (χ2n) is 5.51. The lowest BCUT2D eigenvalue weighted by Crippen LogP contribution is -2.36. The Labute approximate surface area is 136 Å². The minimum Gasteiger partial charge on any atom is -0.497 e. The van der Waals surface area contributed by atoms with E-state index in [-0.39, 0.29) is 11.0 Å². The van der Waals surface area contributed by atoms with Crippen molar-refractivity contribution in [2.45, 2.75) is 24.5 Å². The summed E-state index contributed by atoms with van der Waals surface area (Å²) < 4.78 is 38.2. The van der Waals surface area contributed by atoms with Crippen molar-refractivity contribution in [3.63, 3.8) is 0 Å². The standard InChI is InChI=1S/C17H19NO4S/c1-13-11-18(12-14-5-3-4-6-17(14)22-13)23(19,20)16-9-7-15(21-2)8-10-16/h3-10,13H,11-12H2,1-2H3. The number of nitrogens with zero attached hydrogens (tertiary/aromatic N) is 1. The average Bonchev–Trinajstić information content (AvgIpc) is 2.73. The van der Waals surface area contributed by atoms with Crippen LogP contribution in [0.25, 0.3) is 0 Å². The van der Waals surface area contributed by atoms with Crippen LogP contribution in [-0.4, -0.2) is 32.5 Å². The molecule has 1 aliphatic heterocycles. The van der Waals surface area contributed by atoms with Crippen LogP contribution in [0.4, 0.5) is 0 Å². The third kappa shape index (κ3) is 3.18. The van der Waals surface area contributed by atoms with Gasteiger partial charge in [-0.2, -0.15) is 4.31 Å². The Morgan fingerprint density at radius 1 is 1.13 bits per heavy atom. The summed E-state index contributed by atoms with van der Waals surface area (Å²) in [6, 6.07) is 14.0. The number of fused-ring (bicyclic) bond motifs is 1. The zero-order chi connectivity index (χ0) is 16.4. The van der Waals surface area contributed by atoms with Gasteiger partial charge in [0.1, 0.15) is 17.6 Å². The van der Waals surface area contributed by atoms with E-state index in [4.69, 9.17) is 9.47 Å². The number of hydrogen-bond donors (Lipinski definition) is 0. The second-order valence-corrected chi connectivity index (χ2v) is 7.45. The van der Waals surface area contributed by atoms with Gasteiger partial charge >= 0.3 is 0 Å². The first-order valence-electron chi connectivity index (χ1n) is 7.39. The van der Waals surface area contributed by atoms with E-state index in [9.17, 15) is 8.42 Å². The quantitative estimate of drug-likeness (QED) is 0.866. The Hall–Kier alpha value is -2.05. The molecule has 0 N–H and O–H groups in total. The van der Waals surface area contributed by atoms with E-state index in [1.54, 1.807) is 31.4 Å². The first kappa shape index (κ1) is 15.8. The molecule has 2 aromatic carbocycles. The third-order valence-corrected chi connectivity index (χ3v) is 5.63. The number of rotatable bonds is 3. The van der Waals surface area contributed by atoms with Crippen molar-refractivity contribution in [2.75, 3.05) is 13.7 Å². The molecule has 23 heavy (non-hydrogen) atoms. The average molecular weight is 333 g/mol. The van der Waals surface area contributed by atoms with Gasteiger partial charge in [0.2, 0.25) is 10.0 Å². The topological polar surface area (TPSA) is 55.8 Å². The lowest BCUT2D eigenvalue weighted by molar-refractivity contribution is 0.201. The molecular weight excluding hydrogens is 314 g/mol. The largest absolute Gasteiger partial charge is 0.497 e. The van der Waals surface area contributed by atoms with Crippen LogP contribution in [-0.2, 0) is 16.6 Å². The van der Waals surface area contributed by atoms with Gasteiger partial charge in [-0.25, -0.2) is 8.42 Å². The fourth-order valence-corrected chi connectivity index (χ4v) is 4.12. The predicted octanol–water partition coefficient (Wildman–Crippen LogP) is 2.67. The van der Waals surface area contributed by atoms with Crippen molar-refractivity contribution in [3.05, 3.63) is 54.1 Å². The lowest BCUT2D eigenvalue weighted by Gasteiger charge is -2.21. The Morgan fingerprint density at radius 3 is 2.52 bits per heavy atom. The van der Waals surface area contributed by atoms with Crippen LogP contribution in [0.2, 0.25) is 0 Å². The van der Waals surface area contributed by atoms with Crippen LogP contribution in [0.1, 0.15) is 12.5 Å². The number of ether oxygens (including phenoxy) is 2. The van der Waals surface area contributed by atoms with Gasteiger partial charge in [-0.1, -0.05) is 18.2 Å². The number of methoxy groups -OCH3 is 1. The van der Waals surface area contributed by atoms with E-state index in [2.05, 4.69) is 0 Å². The first-order valence-corrected chi connectivity index (χ1v) is 8.83. The Balaban J connectivity index is 1.95. The molecule has 1 heterocycles. The highest BCUT2D eigenvalue weighted by atomic mass is 32.2. The molecule has 1 unspecified atom stereocenters. The number of sulfonamides is 1. The number of hydrogen-bond acceptors (Lipinski definition) is 4. The van der Waals surface area contributed by atoms with E-state index in [0.717, 1.165) is 11.3 Å². The van der Waals surface area contributed by atoms with Gasteiger partial charge in [-0.05, 0) is 37.3 Å². The molecule has 0 amide bonds. The van der Waals surface area contributed by atoms with Gasteiger partial charge in [0.15, 0.2) is 0 Å². The van der Waals surface area contributed by atoms with E-state index in [0.29, 0.717) is 18.8 Å². The molecule has 1 aliphatic rings. The fourth-order valence-electron chi connectivity index (χ4n) is 2.62. The Morgan fingerprint density at radius 2 is 1.83 bits per heavy atom.